The Kier molecular flexibility index (Phi) is 1.75. The van der Waals surface area contributed by atoms with E-state index in [1.807, 2.05) is 0 Å². The van der Waals surface area contributed by atoms with Crippen LogP contribution in [0.1, 0.15) is 11.6 Å². The van der Waals surface area contributed by atoms with Crippen LogP contribution in [-0.2, 0) is 0 Å². The predicted molar refractivity (Wildman–Crippen MR) is 42.7 cm³/mol. The summed E-state index contributed by atoms with van der Waals surface area (Å²) in [5.41, 5.74) is 0.973. The molecule has 1 aromatic rings. The highest BCUT2D eigenvalue weighted by atomic mass is 35.5. The van der Waals surface area contributed by atoms with Crippen molar-refractivity contribution in [1.82, 2.24) is 15.3 Å². The Labute approximate surface area is 69.8 Å². The number of halogens is 1. The number of nitrogens with zero attached hydrogens (tertiary/aromatic N) is 2. The predicted octanol–water partition coefficient (Wildman–Crippen LogP) is 0.817. The number of aromatic nitrogens is 2. The molecule has 0 unspecified atom stereocenters. The summed E-state index contributed by atoms with van der Waals surface area (Å²) in [6, 6.07) is 0. The number of hydrogen-bond donors (Lipinski definition) is 1. The van der Waals surface area contributed by atoms with Gasteiger partial charge < -0.3 is 5.32 Å². The Morgan fingerprint density at radius 2 is 2.36 bits per heavy atom. The molecule has 11 heavy (non-hydrogen) atoms. The monoisotopic (exact) mass is 169 g/mol. The summed E-state index contributed by atoms with van der Waals surface area (Å²) in [4.78, 5) is 7.94. The molecule has 2 heterocycles. The molecule has 1 fully saturated rings. The molecule has 0 saturated carbocycles. The van der Waals surface area contributed by atoms with Crippen LogP contribution in [-0.4, -0.2) is 23.1 Å². The van der Waals surface area contributed by atoms with Gasteiger partial charge in [-0.25, -0.2) is 9.97 Å². The van der Waals surface area contributed by atoms with Gasteiger partial charge in [0.05, 0.1) is 10.7 Å². The Balaban J connectivity index is 2.28. The summed E-state index contributed by atoms with van der Waals surface area (Å²) in [6.07, 6.45) is 3.18. The van der Waals surface area contributed by atoms with E-state index in [4.69, 9.17) is 11.6 Å². The van der Waals surface area contributed by atoms with Crippen molar-refractivity contribution in [3.8, 4) is 0 Å². The molecule has 0 aliphatic carbocycles. The Morgan fingerprint density at radius 3 is 2.91 bits per heavy atom. The summed E-state index contributed by atoms with van der Waals surface area (Å²) in [7, 11) is 0. The minimum absolute atomic E-state index is 0.491. The molecule has 0 spiro atoms. The normalized spacial score (nSPS) is 17.9. The molecule has 1 saturated heterocycles. The van der Waals surface area contributed by atoms with Gasteiger partial charge in [-0.2, -0.15) is 0 Å². The first-order valence-corrected chi connectivity index (χ1v) is 3.92. The average molecular weight is 170 g/mol. The highest BCUT2D eigenvalue weighted by Gasteiger charge is 2.22. The number of rotatable bonds is 1. The van der Waals surface area contributed by atoms with Crippen LogP contribution in [0, 0.1) is 0 Å². The first-order valence-electron chi connectivity index (χ1n) is 3.54. The first kappa shape index (κ1) is 7.00. The van der Waals surface area contributed by atoms with Gasteiger partial charge in [0.15, 0.2) is 0 Å². The standard InChI is InChI=1S/C7H8ClN3/c8-6-3-10-4-11-7(6)5-1-9-2-5/h3-5,9H,1-2H2. The molecule has 1 aliphatic heterocycles. The lowest BCUT2D eigenvalue weighted by atomic mass is 9.99. The third-order valence-corrected chi connectivity index (χ3v) is 2.16. The molecule has 3 nitrogen and oxygen atoms in total. The molecule has 2 rings (SSSR count). The van der Waals surface area contributed by atoms with Gasteiger partial charge in [0.2, 0.25) is 0 Å². The van der Waals surface area contributed by atoms with Crippen molar-refractivity contribution in [2.75, 3.05) is 13.1 Å². The molecule has 1 aliphatic rings. The number of hydrogen-bond acceptors (Lipinski definition) is 3. The maximum Gasteiger partial charge on any atom is 0.115 e. The van der Waals surface area contributed by atoms with Crippen molar-refractivity contribution in [1.29, 1.82) is 0 Å². The van der Waals surface area contributed by atoms with Crippen LogP contribution in [0.2, 0.25) is 5.02 Å². The fourth-order valence-electron chi connectivity index (χ4n) is 1.10. The third-order valence-electron chi connectivity index (χ3n) is 1.86. The topological polar surface area (TPSA) is 37.8 Å². The van der Waals surface area contributed by atoms with Crippen molar-refractivity contribution in [2.45, 2.75) is 5.92 Å². The maximum absolute atomic E-state index is 5.88. The van der Waals surface area contributed by atoms with Gasteiger partial charge in [-0.1, -0.05) is 11.6 Å². The van der Waals surface area contributed by atoms with Gasteiger partial charge in [0, 0.05) is 25.2 Å². The second-order valence-corrected chi connectivity index (χ2v) is 3.02. The highest BCUT2D eigenvalue weighted by molar-refractivity contribution is 6.31. The highest BCUT2D eigenvalue weighted by Crippen LogP contribution is 2.23. The average Bonchev–Trinajstić information content (AvgIpc) is 1.90. The molecule has 1 aromatic heterocycles. The molecule has 1 N–H and O–H groups in total. The van der Waals surface area contributed by atoms with Crippen LogP contribution in [0.5, 0.6) is 0 Å². The summed E-state index contributed by atoms with van der Waals surface area (Å²) >= 11 is 5.88. The lowest BCUT2D eigenvalue weighted by Crippen LogP contribution is -2.40. The van der Waals surface area contributed by atoms with Crippen LogP contribution in [0.15, 0.2) is 12.5 Å². The number of nitrogens with one attached hydrogen (secondary N) is 1. The summed E-state index contributed by atoms with van der Waals surface area (Å²) in [6.45, 7) is 1.97. The molecular formula is C7H8ClN3. The lowest BCUT2D eigenvalue weighted by Gasteiger charge is -2.26. The fourth-order valence-corrected chi connectivity index (χ4v) is 1.36. The van der Waals surface area contributed by atoms with Crippen LogP contribution in [0.25, 0.3) is 0 Å². The van der Waals surface area contributed by atoms with Gasteiger partial charge in [0.1, 0.15) is 6.33 Å². The first-order chi connectivity index (χ1) is 5.38. The van der Waals surface area contributed by atoms with Crippen LogP contribution < -0.4 is 5.32 Å². The minimum atomic E-state index is 0.491. The minimum Gasteiger partial charge on any atom is -0.315 e. The van der Waals surface area contributed by atoms with E-state index in [-0.39, 0.29) is 0 Å². The smallest absolute Gasteiger partial charge is 0.115 e. The zero-order valence-electron chi connectivity index (χ0n) is 5.92. The maximum atomic E-state index is 5.88. The molecule has 0 radical (unpaired) electrons. The van der Waals surface area contributed by atoms with E-state index < -0.39 is 0 Å². The van der Waals surface area contributed by atoms with Crippen molar-refractivity contribution in [3.05, 3.63) is 23.2 Å². The zero-order valence-corrected chi connectivity index (χ0v) is 6.67. The zero-order chi connectivity index (χ0) is 7.68. The van der Waals surface area contributed by atoms with E-state index in [0.29, 0.717) is 10.9 Å². The molecule has 0 atom stereocenters. The third kappa shape index (κ3) is 1.21. The van der Waals surface area contributed by atoms with E-state index in [9.17, 15) is 0 Å². The van der Waals surface area contributed by atoms with Crippen LogP contribution in [0.3, 0.4) is 0 Å². The molecule has 0 amide bonds. The van der Waals surface area contributed by atoms with Crippen molar-refractivity contribution in [3.63, 3.8) is 0 Å². The summed E-state index contributed by atoms with van der Waals surface area (Å²) < 4.78 is 0. The molecular weight excluding hydrogens is 162 g/mol. The van der Waals surface area contributed by atoms with E-state index >= 15 is 0 Å². The molecule has 0 bridgehead atoms. The van der Waals surface area contributed by atoms with Crippen LogP contribution >= 0.6 is 11.6 Å². The van der Waals surface area contributed by atoms with Gasteiger partial charge >= 0.3 is 0 Å². The second kappa shape index (κ2) is 2.75. The van der Waals surface area contributed by atoms with Gasteiger partial charge in [-0.15, -0.1) is 0 Å². The molecule has 4 heteroatoms. The van der Waals surface area contributed by atoms with Gasteiger partial charge in [0.25, 0.3) is 0 Å². The Hall–Kier alpha value is -0.670. The van der Waals surface area contributed by atoms with Crippen molar-refractivity contribution < 1.29 is 0 Å². The lowest BCUT2D eigenvalue weighted by molar-refractivity contribution is 0.439. The molecule has 0 aromatic carbocycles. The van der Waals surface area contributed by atoms with Crippen molar-refractivity contribution in [2.24, 2.45) is 0 Å². The molecule has 58 valence electrons. The SMILES string of the molecule is Clc1cncnc1C1CNC1. The largest absolute Gasteiger partial charge is 0.315 e. The van der Waals surface area contributed by atoms with E-state index in [0.717, 1.165) is 18.8 Å². The van der Waals surface area contributed by atoms with Crippen LogP contribution in [0.4, 0.5) is 0 Å². The van der Waals surface area contributed by atoms with E-state index in [1.165, 1.54) is 0 Å². The van der Waals surface area contributed by atoms with Gasteiger partial charge in [-0.05, 0) is 0 Å². The van der Waals surface area contributed by atoms with Gasteiger partial charge in [-0.3, -0.25) is 0 Å². The second-order valence-electron chi connectivity index (χ2n) is 2.61. The van der Waals surface area contributed by atoms with Crippen molar-refractivity contribution >= 4 is 11.6 Å². The summed E-state index contributed by atoms with van der Waals surface area (Å²) in [5.74, 6) is 0.491. The Bertz CT molecular complexity index is 260. The van der Waals surface area contributed by atoms with E-state index in [1.54, 1.807) is 12.5 Å². The Morgan fingerprint density at radius 1 is 1.55 bits per heavy atom. The fraction of sp³-hybridized carbons (Fsp3) is 0.429. The quantitative estimate of drug-likeness (QED) is 0.677. The van der Waals surface area contributed by atoms with E-state index in [2.05, 4.69) is 15.3 Å². The summed E-state index contributed by atoms with van der Waals surface area (Å²) in [5, 5.41) is 3.85.